The summed E-state index contributed by atoms with van der Waals surface area (Å²) in [5.41, 5.74) is 2.39. The molecule has 1 atom stereocenters. The lowest BCUT2D eigenvalue weighted by Gasteiger charge is -2.32. The average Bonchev–Trinajstić information content (AvgIpc) is 2.89. The van der Waals surface area contributed by atoms with E-state index in [4.69, 9.17) is 16.3 Å². The summed E-state index contributed by atoms with van der Waals surface area (Å²) < 4.78 is 6.50. The Morgan fingerprint density at radius 2 is 1.76 bits per heavy atom. The number of halogens is 1. The maximum Gasteiger partial charge on any atom is 0.354 e. The molecule has 156 valence electrons. The van der Waals surface area contributed by atoms with E-state index in [0.29, 0.717) is 33.1 Å². The highest BCUT2D eigenvalue weighted by molar-refractivity contribution is 6.31. The summed E-state index contributed by atoms with van der Waals surface area (Å²) in [6.45, 7) is 8.91. The molecule has 0 unspecified atom stereocenters. The van der Waals surface area contributed by atoms with Gasteiger partial charge in [-0.05, 0) is 58.4 Å². The van der Waals surface area contributed by atoms with Gasteiger partial charge in [0.25, 0.3) is 5.91 Å². The molecule has 1 aromatic carbocycles. The summed E-state index contributed by atoms with van der Waals surface area (Å²) >= 11 is 6.03. The zero-order valence-corrected chi connectivity index (χ0v) is 18.6. The van der Waals surface area contributed by atoms with E-state index in [2.05, 4.69) is 0 Å². The Balaban J connectivity index is 2.48. The third kappa shape index (κ3) is 4.22. The van der Waals surface area contributed by atoms with Gasteiger partial charge in [-0.2, -0.15) is 0 Å². The summed E-state index contributed by atoms with van der Waals surface area (Å²) in [6.07, 6.45) is 0. The van der Waals surface area contributed by atoms with Crippen molar-refractivity contribution in [1.29, 1.82) is 0 Å². The Bertz CT molecular complexity index is 962. The van der Waals surface area contributed by atoms with Crippen molar-refractivity contribution in [2.45, 2.75) is 46.7 Å². The lowest BCUT2D eigenvalue weighted by atomic mass is 9.98. The topological polar surface area (TPSA) is 68.6 Å². The second kappa shape index (κ2) is 8.82. The number of hydrogen-bond donors (Lipinski definition) is 0. The van der Waals surface area contributed by atoms with Crippen LogP contribution in [-0.4, -0.2) is 46.3 Å². The summed E-state index contributed by atoms with van der Waals surface area (Å²) in [4.78, 5) is 40.3. The molecule has 7 heteroatoms. The van der Waals surface area contributed by atoms with Crippen LogP contribution in [0.25, 0.3) is 0 Å². The van der Waals surface area contributed by atoms with Gasteiger partial charge in [-0.3, -0.25) is 9.59 Å². The maximum absolute atomic E-state index is 13.4. The number of esters is 1. The highest BCUT2D eigenvalue weighted by Crippen LogP contribution is 2.26. The van der Waals surface area contributed by atoms with Crippen molar-refractivity contribution in [2.24, 2.45) is 7.05 Å². The van der Waals surface area contributed by atoms with Crippen LogP contribution in [0.3, 0.4) is 0 Å². The third-order valence-corrected chi connectivity index (χ3v) is 5.45. The molecule has 2 aromatic rings. The van der Waals surface area contributed by atoms with E-state index in [1.807, 2.05) is 13.8 Å². The van der Waals surface area contributed by atoms with Gasteiger partial charge in [-0.25, -0.2) is 4.79 Å². The van der Waals surface area contributed by atoms with E-state index in [0.717, 1.165) is 0 Å². The van der Waals surface area contributed by atoms with E-state index < -0.39 is 12.0 Å². The first-order valence-electron chi connectivity index (χ1n) is 9.39. The van der Waals surface area contributed by atoms with E-state index in [-0.39, 0.29) is 17.7 Å². The second-order valence-corrected chi connectivity index (χ2v) is 7.78. The van der Waals surface area contributed by atoms with Crippen LogP contribution in [0, 0.1) is 13.8 Å². The molecular weight excluding hydrogens is 392 g/mol. The molecule has 29 heavy (non-hydrogen) atoms. The minimum Gasteiger partial charge on any atom is -0.464 e. The molecule has 0 saturated heterocycles. The fourth-order valence-electron chi connectivity index (χ4n) is 3.69. The molecule has 0 bridgehead atoms. The van der Waals surface area contributed by atoms with Crippen molar-refractivity contribution >= 4 is 29.3 Å². The molecule has 1 heterocycles. The third-order valence-electron chi connectivity index (χ3n) is 5.21. The molecule has 0 fully saturated rings. The molecule has 1 aromatic heterocycles. The van der Waals surface area contributed by atoms with Crippen molar-refractivity contribution < 1.29 is 19.1 Å². The number of ether oxygens (including phenoxy) is 1. The standard InChI is InChI=1S/C22H27ClN2O4/c1-12(2)25(21(27)16-9-8-10-17(23)11-16)15(5)20(26)18-13(3)19(22(28)29-7)24(6)14(18)4/h8-12,15H,1-7H3/t15-/m1/s1. The summed E-state index contributed by atoms with van der Waals surface area (Å²) in [7, 11) is 3.02. The van der Waals surface area contributed by atoms with E-state index >= 15 is 0 Å². The van der Waals surface area contributed by atoms with Crippen LogP contribution in [-0.2, 0) is 11.8 Å². The van der Waals surface area contributed by atoms with Crippen LogP contribution in [0.2, 0.25) is 5.02 Å². The fourth-order valence-corrected chi connectivity index (χ4v) is 3.88. The van der Waals surface area contributed by atoms with Gasteiger partial charge in [-0.15, -0.1) is 0 Å². The number of amides is 1. The highest BCUT2D eigenvalue weighted by Gasteiger charge is 2.34. The number of aromatic nitrogens is 1. The van der Waals surface area contributed by atoms with E-state index in [1.54, 1.807) is 56.7 Å². The number of Topliss-reactive ketones (excluding diaryl/α,β-unsaturated/α-hetero) is 1. The monoisotopic (exact) mass is 418 g/mol. The first-order chi connectivity index (χ1) is 13.5. The molecule has 6 nitrogen and oxygen atoms in total. The van der Waals surface area contributed by atoms with Gasteiger partial charge in [-0.1, -0.05) is 17.7 Å². The van der Waals surface area contributed by atoms with Gasteiger partial charge in [0.15, 0.2) is 5.78 Å². The number of ketones is 1. The molecule has 0 saturated carbocycles. The number of nitrogens with zero attached hydrogens (tertiary/aromatic N) is 2. The summed E-state index contributed by atoms with van der Waals surface area (Å²) in [5.74, 6) is -1.01. The summed E-state index contributed by atoms with van der Waals surface area (Å²) in [6, 6.07) is 5.71. The van der Waals surface area contributed by atoms with E-state index in [1.165, 1.54) is 12.0 Å². The van der Waals surface area contributed by atoms with E-state index in [9.17, 15) is 14.4 Å². The Kier molecular flexibility index (Phi) is 6.90. The number of hydrogen-bond acceptors (Lipinski definition) is 4. The smallest absolute Gasteiger partial charge is 0.354 e. The Morgan fingerprint density at radius 3 is 2.28 bits per heavy atom. The minimum absolute atomic E-state index is 0.218. The zero-order chi connectivity index (χ0) is 22.0. The SMILES string of the molecule is COC(=O)c1c(C)c(C(=O)[C@@H](C)N(C(=O)c2cccc(Cl)c2)C(C)C)c(C)n1C. The fraction of sp³-hybridized carbons (Fsp3) is 0.409. The largest absolute Gasteiger partial charge is 0.464 e. The van der Waals surface area contributed by atoms with Gasteiger partial charge >= 0.3 is 5.97 Å². The highest BCUT2D eigenvalue weighted by atomic mass is 35.5. The minimum atomic E-state index is -0.730. The summed E-state index contributed by atoms with van der Waals surface area (Å²) in [5, 5.41) is 0.455. The van der Waals surface area contributed by atoms with Gasteiger partial charge < -0.3 is 14.2 Å². The lowest BCUT2D eigenvalue weighted by Crippen LogP contribution is -2.47. The van der Waals surface area contributed by atoms with Crippen molar-refractivity contribution in [3.05, 3.63) is 57.4 Å². The van der Waals surface area contributed by atoms with Crippen LogP contribution >= 0.6 is 11.6 Å². The van der Waals surface area contributed by atoms with Crippen molar-refractivity contribution in [3.8, 4) is 0 Å². The van der Waals surface area contributed by atoms with Gasteiger partial charge in [0, 0.05) is 34.9 Å². The lowest BCUT2D eigenvalue weighted by molar-refractivity contribution is 0.0565. The van der Waals surface area contributed by atoms with Crippen LogP contribution in [0.4, 0.5) is 0 Å². The zero-order valence-electron chi connectivity index (χ0n) is 17.9. The Hall–Kier alpha value is -2.60. The van der Waals surface area contributed by atoms with Gasteiger partial charge in [0.05, 0.1) is 13.2 Å². The van der Waals surface area contributed by atoms with Gasteiger partial charge in [0.2, 0.25) is 0 Å². The molecule has 0 aliphatic rings. The van der Waals surface area contributed by atoms with Crippen molar-refractivity contribution in [3.63, 3.8) is 0 Å². The molecule has 1 amide bonds. The Morgan fingerprint density at radius 1 is 1.14 bits per heavy atom. The maximum atomic E-state index is 13.4. The first kappa shape index (κ1) is 22.7. The normalized spacial score (nSPS) is 12.0. The molecule has 0 aliphatic carbocycles. The number of methoxy groups -OCH3 is 1. The van der Waals surface area contributed by atoms with Crippen molar-refractivity contribution in [2.75, 3.05) is 7.11 Å². The van der Waals surface area contributed by atoms with Crippen LogP contribution in [0.1, 0.15) is 63.2 Å². The number of benzene rings is 1. The molecule has 0 radical (unpaired) electrons. The first-order valence-corrected chi connectivity index (χ1v) is 9.77. The van der Waals surface area contributed by atoms with Crippen LogP contribution in [0.5, 0.6) is 0 Å². The van der Waals surface area contributed by atoms with Crippen LogP contribution in [0.15, 0.2) is 24.3 Å². The predicted molar refractivity (Wildman–Crippen MR) is 113 cm³/mol. The molecule has 2 rings (SSSR count). The van der Waals surface area contributed by atoms with Gasteiger partial charge in [0.1, 0.15) is 5.69 Å². The van der Waals surface area contributed by atoms with Crippen molar-refractivity contribution in [1.82, 2.24) is 9.47 Å². The molecular formula is C22H27ClN2O4. The number of rotatable bonds is 6. The quantitative estimate of drug-likeness (QED) is 0.520. The second-order valence-electron chi connectivity index (χ2n) is 7.34. The number of carbonyl (C=O) groups excluding carboxylic acids is 3. The molecule has 0 spiro atoms. The van der Waals surface area contributed by atoms with Crippen LogP contribution < -0.4 is 0 Å². The Labute approximate surface area is 176 Å². The number of carbonyl (C=O) groups is 3. The molecule has 0 N–H and O–H groups in total. The average molecular weight is 419 g/mol. The predicted octanol–water partition coefficient (Wildman–Crippen LogP) is 4.20. The molecule has 0 aliphatic heterocycles.